The van der Waals surface area contributed by atoms with Crippen LogP contribution in [0.3, 0.4) is 0 Å². The van der Waals surface area contributed by atoms with Crippen LogP contribution in [0, 0.1) is 0 Å². The van der Waals surface area contributed by atoms with E-state index in [0.29, 0.717) is 26.2 Å². The van der Waals surface area contributed by atoms with Gasteiger partial charge in [-0.1, -0.05) is 24.3 Å². The van der Waals surface area contributed by atoms with Gasteiger partial charge in [0, 0.05) is 32.7 Å². The molecule has 2 aliphatic rings. The first-order valence-corrected chi connectivity index (χ1v) is 8.84. The van der Waals surface area contributed by atoms with Crippen LogP contribution in [0.15, 0.2) is 30.6 Å². The number of rotatable bonds is 2. The standard InChI is InChI=1S/C18H22N6O2/c1-22-11-14-5-3-2-4-13(14)10-15(22)17(25)23-6-8-24(9-7-23)18(26)16-19-12-20-21-16/h2-5,12,15H,6-11H2,1H3,(H,19,20,21). The van der Waals surface area contributed by atoms with Gasteiger partial charge in [0.15, 0.2) is 0 Å². The Balaban J connectivity index is 1.39. The highest BCUT2D eigenvalue weighted by Crippen LogP contribution is 2.23. The lowest BCUT2D eigenvalue weighted by molar-refractivity contribution is -0.138. The Hall–Kier alpha value is -2.74. The summed E-state index contributed by atoms with van der Waals surface area (Å²) in [7, 11) is 2.00. The number of likely N-dealkylation sites (N-methyl/N-ethyl adjacent to an activating group) is 1. The van der Waals surface area contributed by atoms with E-state index < -0.39 is 0 Å². The van der Waals surface area contributed by atoms with Gasteiger partial charge in [0.1, 0.15) is 6.33 Å². The average Bonchev–Trinajstić information content (AvgIpc) is 3.21. The fraction of sp³-hybridized carbons (Fsp3) is 0.444. The Bertz CT molecular complexity index is 798. The van der Waals surface area contributed by atoms with Gasteiger partial charge in [0.05, 0.1) is 6.04 Å². The second kappa shape index (κ2) is 6.87. The summed E-state index contributed by atoms with van der Waals surface area (Å²) in [5.74, 6) is 0.223. The number of piperazine rings is 1. The molecule has 0 bridgehead atoms. The lowest BCUT2D eigenvalue weighted by Gasteiger charge is -2.40. The molecular formula is C18H22N6O2. The molecule has 0 saturated carbocycles. The Kier molecular flexibility index (Phi) is 4.42. The Labute approximate surface area is 151 Å². The van der Waals surface area contributed by atoms with Gasteiger partial charge in [-0.15, -0.1) is 0 Å². The number of benzene rings is 1. The predicted octanol–water partition coefficient (Wildman–Crippen LogP) is 0.146. The average molecular weight is 354 g/mol. The molecule has 2 amide bonds. The lowest BCUT2D eigenvalue weighted by Crippen LogP contribution is -2.56. The van der Waals surface area contributed by atoms with Crippen LogP contribution in [0.4, 0.5) is 0 Å². The summed E-state index contributed by atoms with van der Waals surface area (Å²) in [5.41, 5.74) is 2.55. The second-order valence-electron chi connectivity index (χ2n) is 6.86. The van der Waals surface area contributed by atoms with Crippen LogP contribution in [-0.2, 0) is 17.8 Å². The van der Waals surface area contributed by atoms with E-state index in [1.54, 1.807) is 4.90 Å². The third kappa shape index (κ3) is 3.08. The van der Waals surface area contributed by atoms with E-state index in [9.17, 15) is 9.59 Å². The van der Waals surface area contributed by atoms with Gasteiger partial charge >= 0.3 is 0 Å². The SMILES string of the molecule is CN1Cc2ccccc2CC1C(=O)N1CCN(C(=O)c2ncn[nH]2)CC1. The minimum absolute atomic E-state index is 0.138. The number of hydrogen-bond acceptors (Lipinski definition) is 5. The zero-order chi connectivity index (χ0) is 18.1. The summed E-state index contributed by atoms with van der Waals surface area (Å²) in [4.78, 5) is 35.0. The summed E-state index contributed by atoms with van der Waals surface area (Å²) in [6, 6.07) is 8.16. The molecule has 0 aliphatic carbocycles. The molecule has 1 saturated heterocycles. The van der Waals surface area contributed by atoms with Crippen LogP contribution >= 0.6 is 0 Å². The topological polar surface area (TPSA) is 85.4 Å². The third-order valence-corrected chi connectivity index (χ3v) is 5.26. The maximum atomic E-state index is 13.0. The predicted molar refractivity (Wildman–Crippen MR) is 94.3 cm³/mol. The summed E-state index contributed by atoms with van der Waals surface area (Å²) in [6.45, 7) is 2.91. The second-order valence-corrected chi connectivity index (χ2v) is 6.86. The molecule has 0 radical (unpaired) electrons. The number of carbonyl (C=O) groups is 2. The van der Waals surface area contributed by atoms with Crippen LogP contribution in [0.5, 0.6) is 0 Å². The van der Waals surface area contributed by atoms with Crippen molar-refractivity contribution in [3.63, 3.8) is 0 Å². The first-order chi connectivity index (χ1) is 12.6. The van der Waals surface area contributed by atoms with Crippen molar-refractivity contribution in [2.75, 3.05) is 33.2 Å². The Morgan fingerprint density at radius 2 is 1.77 bits per heavy atom. The number of aromatic nitrogens is 3. The first-order valence-electron chi connectivity index (χ1n) is 8.84. The summed E-state index contributed by atoms with van der Waals surface area (Å²) < 4.78 is 0. The van der Waals surface area contributed by atoms with Crippen LogP contribution in [0.25, 0.3) is 0 Å². The van der Waals surface area contributed by atoms with Crippen LogP contribution in [0.1, 0.15) is 21.7 Å². The van der Waals surface area contributed by atoms with Gasteiger partial charge in [-0.25, -0.2) is 4.98 Å². The number of H-pyrrole nitrogens is 1. The molecule has 1 fully saturated rings. The summed E-state index contributed by atoms with van der Waals surface area (Å²) in [5, 5.41) is 6.31. The zero-order valence-corrected chi connectivity index (χ0v) is 14.8. The minimum Gasteiger partial charge on any atom is -0.338 e. The molecule has 2 aliphatic heterocycles. The van der Waals surface area contributed by atoms with Gasteiger partial charge in [0.25, 0.3) is 5.91 Å². The Morgan fingerprint density at radius 1 is 1.08 bits per heavy atom. The molecule has 2 aromatic rings. The highest BCUT2D eigenvalue weighted by atomic mass is 16.2. The number of hydrogen-bond donors (Lipinski definition) is 1. The number of fused-ring (bicyclic) bond motifs is 1. The molecule has 8 heteroatoms. The van der Waals surface area contributed by atoms with Crippen LogP contribution in [-0.4, -0.2) is 81.0 Å². The van der Waals surface area contributed by atoms with Crippen molar-refractivity contribution >= 4 is 11.8 Å². The fourth-order valence-electron chi connectivity index (χ4n) is 3.73. The van der Waals surface area contributed by atoms with Crippen LogP contribution < -0.4 is 0 Å². The normalized spacial score (nSPS) is 20.7. The first kappa shape index (κ1) is 16.7. The molecule has 4 rings (SSSR count). The molecule has 1 atom stereocenters. The Morgan fingerprint density at radius 3 is 2.46 bits per heavy atom. The van der Waals surface area contributed by atoms with Gasteiger partial charge in [0.2, 0.25) is 11.7 Å². The molecule has 3 heterocycles. The minimum atomic E-state index is -0.168. The number of amides is 2. The highest BCUT2D eigenvalue weighted by molar-refractivity contribution is 5.90. The number of nitrogens with one attached hydrogen (secondary N) is 1. The third-order valence-electron chi connectivity index (χ3n) is 5.26. The van der Waals surface area contributed by atoms with Crippen molar-refractivity contribution in [2.24, 2.45) is 0 Å². The number of carbonyl (C=O) groups excluding carboxylic acids is 2. The van der Waals surface area contributed by atoms with Crippen LogP contribution in [0.2, 0.25) is 0 Å². The quantitative estimate of drug-likeness (QED) is 0.830. The van der Waals surface area contributed by atoms with E-state index in [1.165, 1.54) is 17.5 Å². The molecule has 26 heavy (non-hydrogen) atoms. The zero-order valence-electron chi connectivity index (χ0n) is 14.8. The van der Waals surface area contributed by atoms with Gasteiger partial charge < -0.3 is 9.80 Å². The molecule has 136 valence electrons. The van der Waals surface area contributed by atoms with E-state index in [4.69, 9.17) is 0 Å². The molecule has 0 spiro atoms. The van der Waals surface area contributed by atoms with Gasteiger partial charge in [-0.3, -0.25) is 19.6 Å². The molecule has 8 nitrogen and oxygen atoms in total. The largest absolute Gasteiger partial charge is 0.338 e. The van der Waals surface area contributed by atoms with E-state index >= 15 is 0 Å². The van der Waals surface area contributed by atoms with Crippen molar-refractivity contribution < 1.29 is 9.59 Å². The number of nitrogens with zero attached hydrogens (tertiary/aromatic N) is 5. The van der Waals surface area contributed by atoms with Crippen molar-refractivity contribution in [3.05, 3.63) is 47.5 Å². The van der Waals surface area contributed by atoms with Gasteiger partial charge in [-0.2, -0.15) is 5.10 Å². The maximum absolute atomic E-state index is 13.0. The summed E-state index contributed by atoms with van der Waals surface area (Å²) >= 11 is 0. The molecular weight excluding hydrogens is 332 g/mol. The molecule has 1 N–H and O–H groups in total. The van der Waals surface area contributed by atoms with E-state index in [1.807, 2.05) is 24.1 Å². The van der Waals surface area contributed by atoms with E-state index in [0.717, 1.165) is 13.0 Å². The fourth-order valence-corrected chi connectivity index (χ4v) is 3.73. The monoisotopic (exact) mass is 354 g/mol. The van der Waals surface area contributed by atoms with Crippen molar-refractivity contribution in [3.8, 4) is 0 Å². The molecule has 1 aromatic heterocycles. The van der Waals surface area contributed by atoms with Crippen molar-refractivity contribution in [2.45, 2.75) is 19.0 Å². The highest BCUT2D eigenvalue weighted by Gasteiger charge is 2.34. The van der Waals surface area contributed by atoms with E-state index in [-0.39, 0.29) is 23.7 Å². The maximum Gasteiger partial charge on any atom is 0.291 e. The molecule has 1 aromatic carbocycles. The lowest BCUT2D eigenvalue weighted by atomic mass is 9.93. The van der Waals surface area contributed by atoms with Gasteiger partial charge in [-0.05, 0) is 24.6 Å². The summed E-state index contributed by atoms with van der Waals surface area (Å²) in [6.07, 6.45) is 2.06. The number of aromatic amines is 1. The van der Waals surface area contributed by atoms with Crippen molar-refractivity contribution in [1.82, 2.24) is 29.9 Å². The smallest absolute Gasteiger partial charge is 0.291 e. The molecule has 1 unspecified atom stereocenters. The van der Waals surface area contributed by atoms with Crippen molar-refractivity contribution in [1.29, 1.82) is 0 Å². The van der Waals surface area contributed by atoms with E-state index in [2.05, 4.69) is 32.2 Å².